The van der Waals surface area contributed by atoms with E-state index >= 15 is 0 Å². The first-order valence-corrected chi connectivity index (χ1v) is 13.6. The van der Waals surface area contributed by atoms with Crippen molar-refractivity contribution in [2.45, 2.75) is 0 Å². The van der Waals surface area contributed by atoms with E-state index in [4.69, 9.17) is 0 Å². The van der Waals surface area contributed by atoms with E-state index in [0.717, 1.165) is 8.58 Å². The molecule has 0 aliphatic carbocycles. The Morgan fingerprint density at radius 2 is 0.714 bits per heavy atom. The molecule has 4 aromatic rings. The Morgan fingerprint density at radius 3 is 1.04 bits per heavy atom. The van der Waals surface area contributed by atoms with Crippen LogP contribution in [0.15, 0.2) is 121 Å². The van der Waals surface area contributed by atoms with Crippen molar-refractivity contribution in [1.29, 1.82) is 0 Å². The van der Waals surface area contributed by atoms with Crippen LogP contribution in [-0.2, 0) is 0 Å². The fourth-order valence-electron chi connectivity index (χ4n) is 3.09. The Bertz CT molecular complexity index is 856. The summed E-state index contributed by atoms with van der Waals surface area (Å²) in [6.07, 6.45) is 0. The monoisotopic (exact) mass is 402 g/mol. The molecular weight excluding hydrogens is 374 g/mol. The maximum Gasteiger partial charge on any atom is -0.0226 e. The molecule has 0 radical (unpaired) electrons. The topological polar surface area (TPSA) is 0 Å². The van der Waals surface area contributed by atoms with Crippen LogP contribution in [-0.4, -0.2) is 13.3 Å². The molecule has 0 atom stereocenters. The van der Waals surface area contributed by atoms with E-state index in [1.54, 1.807) is 0 Å². The van der Waals surface area contributed by atoms with Gasteiger partial charge in [0.25, 0.3) is 0 Å². The van der Waals surface area contributed by atoms with E-state index in [1.165, 1.54) is 21.2 Å². The summed E-state index contributed by atoms with van der Waals surface area (Å²) < 4.78 is 0. The van der Waals surface area contributed by atoms with Crippen LogP contribution in [0.25, 0.3) is 0 Å². The molecule has 4 aromatic carbocycles. The van der Waals surface area contributed by atoms with Gasteiger partial charge in [0.1, 0.15) is 0 Å². The van der Waals surface area contributed by atoms with Gasteiger partial charge in [0.2, 0.25) is 0 Å². The molecular formula is C26H28P2. The molecule has 0 fully saturated rings. The SMILES string of the molecule is C[PH](C)(c1ccccc1)c1ccccc1.c1ccc(Pc2ccccc2)cc1. The third kappa shape index (κ3) is 5.87. The zero-order chi connectivity index (χ0) is 19.7. The fourth-order valence-corrected chi connectivity index (χ4v) is 6.52. The van der Waals surface area contributed by atoms with Gasteiger partial charge >= 0.3 is 91.9 Å². The Labute approximate surface area is 171 Å². The third-order valence-corrected chi connectivity index (χ3v) is 9.62. The average Bonchev–Trinajstić information content (AvgIpc) is 2.77. The normalized spacial score (nSPS) is 11.2. The van der Waals surface area contributed by atoms with Crippen molar-refractivity contribution in [3.63, 3.8) is 0 Å². The van der Waals surface area contributed by atoms with Gasteiger partial charge in [-0.3, -0.25) is 0 Å². The van der Waals surface area contributed by atoms with E-state index in [0.29, 0.717) is 0 Å². The summed E-state index contributed by atoms with van der Waals surface area (Å²) in [5.74, 6) is 0. The Hall–Kier alpha value is -2.26. The molecule has 0 nitrogen and oxygen atoms in total. The summed E-state index contributed by atoms with van der Waals surface area (Å²) in [6.45, 7) is 4.80. The predicted octanol–water partition coefficient (Wildman–Crippen LogP) is 4.96. The molecule has 0 saturated heterocycles. The van der Waals surface area contributed by atoms with Gasteiger partial charge in [0, 0.05) is 0 Å². The van der Waals surface area contributed by atoms with Crippen molar-refractivity contribution in [1.82, 2.24) is 0 Å². The maximum atomic E-state index is 2.40. The van der Waals surface area contributed by atoms with Gasteiger partial charge in [0.15, 0.2) is 0 Å². The van der Waals surface area contributed by atoms with E-state index < -0.39 is 7.26 Å². The zero-order valence-corrected chi connectivity index (χ0v) is 18.5. The van der Waals surface area contributed by atoms with Crippen molar-refractivity contribution in [3.05, 3.63) is 121 Å². The van der Waals surface area contributed by atoms with E-state index in [2.05, 4.69) is 135 Å². The number of hydrogen-bond acceptors (Lipinski definition) is 0. The van der Waals surface area contributed by atoms with Crippen molar-refractivity contribution < 1.29 is 0 Å². The molecule has 0 spiro atoms. The molecule has 0 unspecified atom stereocenters. The molecule has 2 heteroatoms. The van der Waals surface area contributed by atoms with Gasteiger partial charge in [-0.25, -0.2) is 0 Å². The van der Waals surface area contributed by atoms with Crippen LogP contribution >= 0.6 is 15.8 Å². The average molecular weight is 402 g/mol. The standard InChI is InChI=1S/C14H17P.C12H11P/c1-15(2,13-9-5-3-6-10-13)14-11-7-4-8-12-14;1-3-7-11(8-4-1)13-12-9-5-2-6-10-12/h3-12,15H,1-2H3;1-10,13H. The summed E-state index contributed by atoms with van der Waals surface area (Å²) in [5, 5.41) is 5.79. The zero-order valence-electron chi connectivity index (χ0n) is 16.5. The van der Waals surface area contributed by atoms with Gasteiger partial charge in [-0.1, -0.05) is 69.2 Å². The second-order valence-electron chi connectivity index (χ2n) is 7.21. The molecule has 0 aromatic heterocycles. The summed E-state index contributed by atoms with van der Waals surface area (Å²) in [6, 6.07) is 42.8. The van der Waals surface area contributed by atoms with Gasteiger partial charge in [-0.15, -0.1) is 0 Å². The van der Waals surface area contributed by atoms with Crippen LogP contribution < -0.4 is 21.2 Å². The first-order valence-electron chi connectivity index (χ1n) is 9.64. The largest absolute Gasteiger partial charge is 0.0622 e. The Kier molecular flexibility index (Phi) is 7.55. The first kappa shape index (κ1) is 20.5. The van der Waals surface area contributed by atoms with Crippen LogP contribution in [0.3, 0.4) is 0 Å². The van der Waals surface area contributed by atoms with Crippen LogP contribution in [0.4, 0.5) is 0 Å². The van der Waals surface area contributed by atoms with Gasteiger partial charge in [0.05, 0.1) is 0 Å². The minimum atomic E-state index is -1.46. The summed E-state index contributed by atoms with van der Waals surface area (Å²) in [7, 11) is -0.679. The van der Waals surface area contributed by atoms with Crippen LogP contribution in [0, 0.1) is 0 Å². The molecule has 142 valence electrons. The van der Waals surface area contributed by atoms with Gasteiger partial charge in [-0.2, -0.15) is 0 Å². The van der Waals surface area contributed by atoms with Crippen LogP contribution in [0.2, 0.25) is 0 Å². The summed E-state index contributed by atoms with van der Waals surface area (Å²) in [4.78, 5) is 0. The molecule has 0 heterocycles. The van der Waals surface area contributed by atoms with Gasteiger partial charge in [-0.05, 0) is 10.6 Å². The number of hydrogen-bond donors (Lipinski definition) is 0. The van der Waals surface area contributed by atoms with E-state index in [1.807, 2.05) is 0 Å². The number of rotatable bonds is 4. The summed E-state index contributed by atoms with van der Waals surface area (Å²) in [5.41, 5.74) is 0. The Balaban J connectivity index is 0.000000162. The molecule has 0 aliphatic heterocycles. The quantitative estimate of drug-likeness (QED) is 0.423. The molecule has 0 aliphatic rings. The fraction of sp³-hybridized carbons (Fsp3) is 0.0769. The van der Waals surface area contributed by atoms with Crippen molar-refractivity contribution >= 4 is 37.1 Å². The van der Waals surface area contributed by atoms with Gasteiger partial charge < -0.3 is 0 Å². The number of benzene rings is 4. The molecule has 4 rings (SSSR count). The first-order chi connectivity index (χ1) is 13.7. The summed E-state index contributed by atoms with van der Waals surface area (Å²) >= 11 is 0. The third-order valence-electron chi connectivity index (χ3n) is 4.83. The molecule has 0 bridgehead atoms. The molecule has 28 heavy (non-hydrogen) atoms. The molecule has 0 amide bonds. The minimum absolute atomic E-state index is 0.777. The Morgan fingerprint density at radius 1 is 0.429 bits per heavy atom. The molecule has 0 saturated carbocycles. The van der Waals surface area contributed by atoms with Crippen molar-refractivity contribution in [2.75, 3.05) is 13.3 Å². The van der Waals surface area contributed by atoms with Crippen molar-refractivity contribution in [2.24, 2.45) is 0 Å². The van der Waals surface area contributed by atoms with E-state index in [-0.39, 0.29) is 0 Å². The van der Waals surface area contributed by atoms with Crippen LogP contribution in [0.1, 0.15) is 0 Å². The second kappa shape index (κ2) is 10.3. The minimum Gasteiger partial charge on any atom is -0.0622 e. The molecule has 0 N–H and O–H groups in total. The van der Waals surface area contributed by atoms with Crippen molar-refractivity contribution in [3.8, 4) is 0 Å². The predicted molar refractivity (Wildman–Crippen MR) is 133 cm³/mol. The van der Waals surface area contributed by atoms with Crippen LogP contribution in [0.5, 0.6) is 0 Å². The smallest absolute Gasteiger partial charge is 0.0226 e. The second-order valence-corrected chi connectivity index (χ2v) is 13.0. The van der Waals surface area contributed by atoms with E-state index in [9.17, 15) is 0 Å². The maximum absolute atomic E-state index is 2.40.